The molecule has 2 aromatic carbocycles. The van der Waals surface area contributed by atoms with Gasteiger partial charge < -0.3 is 10.3 Å². The summed E-state index contributed by atoms with van der Waals surface area (Å²) in [5, 5.41) is 5.20. The molecule has 2 N–H and O–H groups in total. The first-order chi connectivity index (χ1) is 8.79. The second-order valence-electron chi connectivity index (χ2n) is 4.40. The molecule has 0 bridgehead atoms. The van der Waals surface area contributed by atoms with Crippen molar-refractivity contribution >= 4 is 11.0 Å². The lowest BCUT2D eigenvalue weighted by molar-refractivity contribution is 0.457. The first-order valence-corrected chi connectivity index (χ1v) is 5.94. The minimum absolute atomic E-state index is 0.458. The molecule has 0 aliphatic heterocycles. The predicted molar refractivity (Wildman–Crippen MR) is 72.1 cm³/mol. The summed E-state index contributed by atoms with van der Waals surface area (Å²) in [4.78, 5) is 0. The van der Waals surface area contributed by atoms with Crippen molar-refractivity contribution in [2.24, 2.45) is 5.73 Å². The average Bonchev–Trinajstić information content (AvgIpc) is 2.82. The number of hydrogen-bond donors (Lipinski definition) is 1. The molecule has 90 valence electrons. The molecule has 18 heavy (non-hydrogen) atoms. The van der Waals surface area contributed by atoms with Crippen LogP contribution in [0.15, 0.2) is 47.0 Å². The molecule has 3 heteroatoms. The van der Waals surface area contributed by atoms with E-state index in [2.05, 4.69) is 24.2 Å². The highest BCUT2D eigenvalue weighted by molar-refractivity contribution is 5.93. The first kappa shape index (κ1) is 11.0. The number of para-hydroxylation sites is 1. The van der Waals surface area contributed by atoms with Crippen LogP contribution < -0.4 is 5.73 Å². The maximum atomic E-state index is 5.70. The third-order valence-electron chi connectivity index (χ3n) is 3.09. The van der Waals surface area contributed by atoms with Crippen LogP contribution in [0.1, 0.15) is 11.1 Å². The van der Waals surface area contributed by atoms with E-state index in [1.807, 2.05) is 30.3 Å². The Labute approximate surface area is 105 Å². The van der Waals surface area contributed by atoms with E-state index in [0.29, 0.717) is 6.54 Å². The highest BCUT2D eigenvalue weighted by atomic mass is 16.5. The van der Waals surface area contributed by atoms with Crippen LogP contribution in [0.4, 0.5) is 0 Å². The summed E-state index contributed by atoms with van der Waals surface area (Å²) in [6.07, 6.45) is 0. The van der Waals surface area contributed by atoms with Gasteiger partial charge in [-0.3, -0.25) is 0 Å². The number of fused-ring (bicyclic) bond motifs is 1. The number of nitrogens with two attached hydrogens (primary N) is 1. The van der Waals surface area contributed by atoms with Gasteiger partial charge in [0.2, 0.25) is 0 Å². The van der Waals surface area contributed by atoms with Crippen LogP contribution in [0.2, 0.25) is 0 Å². The molecule has 0 spiro atoms. The number of rotatable bonds is 2. The number of nitrogens with zero attached hydrogens (tertiary/aromatic N) is 1. The van der Waals surface area contributed by atoms with Gasteiger partial charge in [0.1, 0.15) is 5.69 Å². The molecule has 0 aliphatic carbocycles. The summed E-state index contributed by atoms with van der Waals surface area (Å²) < 4.78 is 5.44. The van der Waals surface area contributed by atoms with E-state index in [9.17, 15) is 0 Å². The number of benzene rings is 2. The molecule has 1 aromatic heterocycles. The Balaban J connectivity index is 2.25. The normalized spacial score (nSPS) is 11.0. The molecule has 1 heterocycles. The SMILES string of the molecule is Cc1cccc(-c2noc3c(CN)cccc23)c1. The zero-order valence-corrected chi connectivity index (χ0v) is 10.2. The van der Waals surface area contributed by atoms with Gasteiger partial charge in [0.05, 0.1) is 5.39 Å². The quantitative estimate of drug-likeness (QED) is 0.745. The molecular formula is C15H14N2O. The Morgan fingerprint density at radius 3 is 2.78 bits per heavy atom. The second kappa shape index (κ2) is 4.27. The molecule has 0 aliphatic rings. The number of hydrogen-bond acceptors (Lipinski definition) is 3. The van der Waals surface area contributed by atoms with Gasteiger partial charge in [-0.15, -0.1) is 0 Å². The zero-order valence-electron chi connectivity index (χ0n) is 10.2. The molecular weight excluding hydrogens is 224 g/mol. The maximum Gasteiger partial charge on any atom is 0.171 e. The van der Waals surface area contributed by atoms with Crippen molar-refractivity contribution in [3.8, 4) is 11.3 Å². The Kier molecular flexibility index (Phi) is 2.61. The standard InChI is InChI=1S/C15H14N2O/c1-10-4-2-5-11(8-10)14-13-7-3-6-12(9-16)15(13)18-17-14/h2-8H,9,16H2,1H3. The van der Waals surface area contributed by atoms with E-state index in [4.69, 9.17) is 10.3 Å². The van der Waals surface area contributed by atoms with Crippen LogP contribution in [0.3, 0.4) is 0 Å². The Bertz CT molecular complexity index is 701. The summed E-state index contributed by atoms with van der Waals surface area (Å²) >= 11 is 0. The molecule has 0 atom stereocenters. The lowest BCUT2D eigenvalue weighted by Gasteiger charge is -1.99. The Hall–Kier alpha value is -2.13. The van der Waals surface area contributed by atoms with E-state index in [0.717, 1.165) is 27.8 Å². The fourth-order valence-corrected chi connectivity index (χ4v) is 2.18. The van der Waals surface area contributed by atoms with Gasteiger partial charge in [-0.2, -0.15) is 0 Å². The van der Waals surface area contributed by atoms with Gasteiger partial charge in [0.15, 0.2) is 5.58 Å². The van der Waals surface area contributed by atoms with Gasteiger partial charge in [-0.1, -0.05) is 41.1 Å². The fourth-order valence-electron chi connectivity index (χ4n) is 2.18. The molecule has 0 saturated carbocycles. The van der Waals surface area contributed by atoms with Crippen molar-refractivity contribution < 1.29 is 4.52 Å². The molecule has 0 radical (unpaired) electrons. The molecule has 3 aromatic rings. The molecule has 0 saturated heterocycles. The largest absolute Gasteiger partial charge is 0.355 e. The van der Waals surface area contributed by atoms with Crippen LogP contribution in [-0.4, -0.2) is 5.16 Å². The third kappa shape index (κ3) is 1.69. The van der Waals surface area contributed by atoms with Crippen LogP contribution in [-0.2, 0) is 6.54 Å². The smallest absolute Gasteiger partial charge is 0.171 e. The molecule has 0 fully saturated rings. The van der Waals surface area contributed by atoms with Crippen LogP contribution in [0.25, 0.3) is 22.2 Å². The van der Waals surface area contributed by atoms with E-state index in [1.165, 1.54) is 5.56 Å². The summed E-state index contributed by atoms with van der Waals surface area (Å²) in [6.45, 7) is 2.52. The van der Waals surface area contributed by atoms with E-state index in [1.54, 1.807) is 0 Å². The molecule has 3 nitrogen and oxygen atoms in total. The Morgan fingerprint density at radius 2 is 2.00 bits per heavy atom. The predicted octanol–water partition coefficient (Wildman–Crippen LogP) is 3.26. The summed E-state index contributed by atoms with van der Waals surface area (Å²) in [5.41, 5.74) is 10.6. The average molecular weight is 238 g/mol. The lowest BCUT2D eigenvalue weighted by atomic mass is 10.0. The van der Waals surface area contributed by atoms with Gasteiger partial charge in [0, 0.05) is 17.7 Å². The van der Waals surface area contributed by atoms with Gasteiger partial charge in [-0.25, -0.2) is 0 Å². The second-order valence-corrected chi connectivity index (χ2v) is 4.40. The van der Waals surface area contributed by atoms with Crippen LogP contribution in [0, 0.1) is 6.92 Å². The topological polar surface area (TPSA) is 52.0 Å². The van der Waals surface area contributed by atoms with Crippen molar-refractivity contribution in [2.75, 3.05) is 0 Å². The Morgan fingerprint density at radius 1 is 1.17 bits per heavy atom. The van der Waals surface area contributed by atoms with E-state index >= 15 is 0 Å². The van der Waals surface area contributed by atoms with Gasteiger partial charge in [-0.05, 0) is 19.1 Å². The number of aryl methyl sites for hydroxylation is 1. The first-order valence-electron chi connectivity index (χ1n) is 5.94. The molecule has 0 amide bonds. The lowest BCUT2D eigenvalue weighted by Crippen LogP contribution is -1.95. The van der Waals surface area contributed by atoms with E-state index in [-0.39, 0.29) is 0 Å². The van der Waals surface area contributed by atoms with Crippen molar-refractivity contribution in [3.05, 3.63) is 53.6 Å². The monoisotopic (exact) mass is 238 g/mol. The minimum Gasteiger partial charge on any atom is -0.355 e. The summed E-state index contributed by atoms with van der Waals surface area (Å²) in [6, 6.07) is 14.2. The van der Waals surface area contributed by atoms with Crippen molar-refractivity contribution in [2.45, 2.75) is 13.5 Å². The molecule has 3 rings (SSSR count). The number of aromatic nitrogens is 1. The van der Waals surface area contributed by atoms with Crippen LogP contribution in [0.5, 0.6) is 0 Å². The summed E-state index contributed by atoms with van der Waals surface area (Å²) in [7, 11) is 0. The van der Waals surface area contributed by atoms with Gasteiger partial charge in [0.25, 0.3) is 0 Å². The molecule has 0 unspecified atom stereocenters. The third-order valence-corrected chi connectivity index (χ3v) is 3.09. The highest BCUT2D eigenvalue weighted by Crippen LogP contribution is 2.30. The van der Waals surface area contributed by atoms with E-state index < -0.39 is 0 Å². The van der Waals surface area contributed by atoms with Gasteiger partial charge >= 0.3 is 0 Å². The minimum atomic E-state index is 0.458. The van der Waals surface area contributed by atoms with Crippen molar-refractivity contribution in [1.82, 2.24) is 5.16 Å². The van der Waals surface area contributed by atoms with Crippen molar-refractivity contribution in [1.29, 1.82) is 0 Å². The fraction of sp³-hybridized carbons (Fsp3) is 0.133. The van der Waals surface area contributed by atoms with Crippen molar-refractivity contribution in [3.63, 3.8) is 0 Å². The zero-order chi connectivity index (χ0) is 12.5. The maximum absolute atomic E-state index is 5.70. The highest BCUT2D eigenvalue weighted by Gasteiger charge is 2.12. The van der Waals surface area contributed by atoms with Crippen LogP contribution >= 0.6 is 0 Å². The summed E-state index contributed by atoms with van der Waals surface area (Å²) in [5.74, 6) is 0.